The van der Waals surface area contributed by atoms with E-state index in [-0.39, 0.29) is 42.9 Å². The summed E-state index contributed by atoms with van der Waals surface area (Å²) in [4.78, 5) is 17.9. The molecule has 11 unspecified atom stereocenters. The summed E-state index contributed by atoms with van der Waals surface area (Å²) < 4.78 is 0. The minimum absolute atomic E-state index is 0.0845. The van der Waals surface area contributed by atoms with Crippen LogP contribution in [-0.2, 0) is 17.6 Å². The molecule has 9 N–H and O–H groups in total. The van der Waals surface area contributed by atoms with Gasteiger partial charge in [0, 0.05) is 42.6 Å². The maximum Gasteiger partial charge on any atom is 0.306 e. The zero-order chi connectivity index (χ0) is 34.6. The van der Waals surface area contributed by atoms with E-state index in [2.05, 4.69) is 64.8 Å². The van der Waals surface area contributed by atoms with Gasteiger partial charge in [0.2, 0.25) is 0 Å². The number of aliphatic hydroxyl groups excluding tert-OH is 1. The van der Waals surface area contributed by atoms with Crippen molar-refractivity contribution in [3.05, 3.63) is 34.9 Å². The molecule has 1 aliphatic carbocycles. The lowest BCUT2D eigenvalue weighted by molar-refractivity contribution is -0.914. The Labute approximate surface area is 293 Å². The SMILES string of the molecule is CC1NC(CCC2CCCC3CC#Cc4c(cccc4CC4CC(C)(CC(N)N4)NCC(O)(CC(=O)O)CC3)C2)C([NH+]2CC=NC2)CC1O. The standard InChI is InChI=1S/C39H60N6O4/c1-26-35(46)20-34(45-17-16-41-25-45)33(43-26)13-12-28-8-3-6-27-7-4-11-32-29(18-28)9-5-10-30(32)19-31-21-38(2,22-36(40)44-31)42-24-39(49,15-14-27)23-37(47)48/h5,9-10,16,26-28,31,33-36,42-44,46,49H,3,6-8,12-15,17-25,40H2,1-2H3,(H,47,48)/p+1. The van der Waals surface area contributed by atoms with Gasteiger partial charge in [-0.25, -0.2) is 4.99 Å². The molecule has 2 saturated heterocycles. The van der Waals surface area contributed by atoms with Crippen LogP contribution in [0.3, 0.4) is 0 Å². The molecule has 0 amide bonds. The lowest BCUT2D eigenvalue weighted by Crippen LogP contribution is -3.16. The summed E-state index contributed by atoms with van der Waals surface area (Å²) in [7, 11) is 0. The van der Waals surface area contributed by atoms with Crippen LogP contribution >= 0.6 is 0 Å². The van der Waals surface area contributed by atoms with Gasteiger partial charge in [-0.15, -0.1) is 0 Å². The van der Waals surface area contributed by atoms with E-state index in [1.807, 2.05) is 6.21 Å². The Bertz CT molecular complexity index is 1390. The third-order valence-electron chi connectivity index (χ3n) is 12.4. The van der Waals surface area contributed by atoms with Crippen molar-refractivity contribution in [1.82, 2.24) is 16.0 Å². The molecular formula is C39H61N6O4+. The van der Waals surface area contributed by atoms with Crippen molar-refractivity contribution >= 4 is 12.2 Å². The molecule has 10 nitrogen and oxygen atoms in total. The molecule has 5 aliphatic rings. The normalized spacial score (nSPS) is 40.1. The van der Waals surface area contributed by atoms with Crippen LogP contribution in [0.1, 0.15) is 108 Å². The molecule has 0 saturated carbocycles. The van der Waals surface area contributed by atoms with Crippen LogP contribution in [0.5, 0.6) is 0 Å². The van der Waals surface area contributed by atoms with E-state index in [4.69, 9.17) is 5.73 Å². The molecule has 2 fully saturated rings. The van der Waals surface area contributed by atoms with E-state index in [9.17, 15) is 20.1 Å². The summed E-state index contributed by atoms with van der Waals surface area (Å²) in [6, 6.07) is 7.62. The number of carbonyl (C=O) groups is 1. The number of hydrogen-bond acceptors (Lipinski definition) is 8. The Morgan fingerprint density at radius 2 is 1.96 bits per heavy atom. The molecule has 0 aromatic heterocycles. The predicted molar refractivity (Wildman–Crippen MR) is 192 cm³/mol. The summed E-state index contributed by atoms with van der Waals surface area (Å²) in [6.45, 7) is 6.22. The number of nitrogens with one attached hydrogen (secondary N) is 4. The van der Waals surface area contributed by atoms with Gasteiger partial charge in [-0.05, 0) is 94.6 Å². The van der Waals surface area contributed by atoms with Gasteiger partial charge < -0.3 is 36.6 Å². The van der Waals surface area contributed by atoms with Crippen LogP contribution in [0.2, 0.25) is 0 Å². The first-order valence-corrected chi connectivity index (χ1v) is 19.0. The second-order valence-electron chi connectivity index (χ2n) is 16.6. The molecule has 49 heavy (non-hydrogen) atoms. The Kier molecular flexibility index (Phi) is 11.8. The minimum Gasteiger partial charge on any atom is -0.481 e. The molecule has 10 heteroatoms. The Hall–Kier alpha value is -2.36. The van der Waals surface area contributed by atoms with Gasteiger partial charge in [-0.1, -0.05) is 42.9 Å². The van der Waals surface area contributed by atoms with Crippen LogP contribution in [0.15, 0.2) is 23.2 Å². The topological polar surface area (TPSA) is 157 Å². The van der Waals surface area contributed by atoms with Gasteiger partial charge in [-0.2, -0.15) is 0 Å². The number of piperidine rings is 2. The summed E-state index contributed by atoms with van der Waals surface area (Å²) in [5.74, 6) is 7.06. The van der Waals surface area contributed by atoms with Crippen LogP contribution in [0.4, 0.5) is 0 Å². The van der Waals surface area contributed by atoms with Crippen LogP contribution in [0.25, 0.3) is 0 Å². The zero-order valence-electron chi connectivity index (χ0n) is 29.7. The summed E-state index contributed by atoms with van der Waals surface area (Å²) in [6.07, 6.45) is 12.7. The fourth-order valence-corrected chi connectivity index (χ4v) is 9.63. The number of carboxylic acid groups (broad SMARTS) is 1. The summed E-state index contributed by atoms with van der Waals surface area (Å²) in [5.41, 5.74) is 8.68. The monoisotopic (exact) mass is 677 g/mol. The smallest absolute Gasteiger partial charge is 0.306 e. The lowest BCUT2D eigenvalue weighted by Gasteiger charge is -2.44. The van der Waals surface area contributed by atoms with Crippen molar-refractivity contribution in [2.45, 2.75) is 151 Å². The maximum absolute atomic E-state index is 11.9. The van der Waals surface area contributed by atoms with Crippen molar-refractivity contribution in [3.63, 3.8) is 0 Å². The highest BCUT2D eigenvalue weighted by atomic mass is 16.4. The van der Waals surface area contributed by atoms with Gasteiger partial charge in [-0.3, -0.25) is 10.1 Å². The van der Waals surface area contributed by atoms with Crippen LogP contribution in [0, 0.1) is 23.7 Å². The van der Waals surface area contributed by atoms with Crippen molar-refractivity contribution in [2.75, 3.05) is 19.8 Å². The van der Waals surface area contributed by atoms with Gasteiger partial charge >= 0.3 is 5.97 Å². The van der Waals surface area contributed by atoms with Crippen LogP contribution in [-0.4, -0.2) is 94.8 Å². The van der Waals surface area contributed by atoms with E-state index >= 15 is 0 Å². The summed E-state index contributed by atoms with van der Waals surface area (Å²) in [5, 5.41) is 43.3. The van der Waals surface area contributed by atoms with E-state index in [1.165, 1.54) is 21.6 Å². The molecule has 270 valence electrons. The average molecular weight is 678 g/mol. The average Bonchev–Trinajstić information content (AvgIpc) is 3.56. The molecule has 0 spiro atoms. The first kappa shape index (κ1) is 36.4. The third-order valence-corrected chi connectivity index (χ3v) is 12.4. The van der Waals surface area contributed by atoms with E-state index in [0.717, 1.165) is 83.8 Å². The highest BCUT2D eigenvalue weighted by Crippen LogP contribution is 2.33. The third kappa shape index (κ3) is 9.50. The summed E-state index contributed by atoms with van der Waals surface area (Å²) >= 11 is 0. The first-order valence-electron chi connectivity index (χ1n) is 19.0. The quantitative estimate of drug-likeness (QED) is 0.211. The fourth-order valence-electron chi connectivity index (χ4n) is 9.63. The number of aliphatic carboxylic acids is 1. The Morgan fingerprint density at radius 3 is 2.73 bits per heavy atom. The number of hydrogen-bond donors (Lipinski definition) is 8. The number of β-amino-alcohol motifs (C(OH)–C–C–N with tert-alkyl or cyclic N) is 1. The molecule has 4 heterocycles. The molecule has 11 atom stereocenters. The minimum atomic E-state index is -1.34. The number of quaternary nitrogens is 1. The van der Waals surface area contributed by atoms with Gasteiger partial charge in [0.1, 0.15) is 12.6 Å². The fraction of sp³-hybridized carbons (Fsp3) is 0.744. The van der Waals surface area contributed by atoms with Gasteiger partial charge in [0.05, 0.1) is 36.5 Å². The Morgan fingerprint density at radius 1 is 1.14 bits per heavy atom. The van der Waals surface area contributed by atoms with Gasteiger partial charge in [0.25, 0.3) is 0 Å². The number of fused-ring (bicyclic) bond motifs is 4. The van der Waals surface area contributed by atoms with Crippen molar-refractivity contribution in [3.8, 4) is 11.8 Å². The molecular weight excluding hydrogens is 616 g/mol. The van der Waals surface area contributed by atoms with Crippen molar-refractivity contribution in [1.29, 1.82) is 0 Å². The number of benzene rings is 1. The molecule has 4 bridgehead atoms. The Balaban J connectivity index is 1.28. The number of aliphatic hydroxyl groups is 2. The van der Waals surface area contributed by atoms with Gasteiger partial charge in [0.15, 0.2) is 6.67 Å². The molecule has 6 rings (SSSR count). The second-order valence-corrected chi connectivity index (χ2v) is 16.6. The number of nitrogens with two attached hydrogens (primary N) is 1. The number of aliphatic imine (C=N–C) groups is 1. The first-order chi connectivity index (χ1) is 23.5. The lowest BCUT2D eigenvalue weighted by atomic mass is 9.79. The van der Waals surface area contributed by atoms with Crippen molar-refractivity contribution < 1.29 is 25.0 Å². The van der Waals surface area contributed by atoms with E-state index in [0.29, 0.717) is 36.8 Å². The molecule has 1 aromatic rings. The second kappa shape index (κ2) is 15.9. The number of rotatable bonds is 6. The molecule has 4 aliphatic heterocycles. The molecule has 1 aromatic carbocycles. The molecule has 0 radical (unpaired) electrons. The van der Waals surface area contributed by atoms with Crippen molar-refractivity contribution in [2.24, 2.45) is 22.6 Å². The van der Waals surface area contributed by atoms with E-state index in [1.54, 1.807) is 0 Å². The highest BCUT2D eigenvalue weighted by molar-refractivity contribution is 5.68. The predicted octanol–water partition coefficient (Wildman–Crippen LogP) is 1.50. The number of carboxylic acids is 1. The largest absolute Gasteiger partial charge is 0.481 e. The zero-order valence-corrected chi connectivity index (χ0v) is 29.7. The van der Waals surface area contributed by atoms with Crippen LogP contribution < -0.4 is 26.6 Å². The van der Waals surface area contributed by atoms with E-state index < -0.39 is 11.6 Å². The highest BCUT2D eigenvalue weighted by Gasteiger charge is 2.41. The maximum atomic E-state index is 11.9. The number of nitrogens with zero attached hydrogens (tertiary/aromatic N) is 1.